The van der Waals surface area contributed by atoms with Crippen LogP contribution in [0.4, 0.5) is 5.82 Å². The predicted molar refractivity (Wildman–Crippen MR) is 111 cm³/mol. The van der Waals surface area contributed by atoms with Crippen molar-refractivity contribution < 1.29 is 0 Å². The van der Waals surface area contributed by atoms with Crippen LogP contribution in [0.15, 0.2) is 30.5 Å². The van der Waals surface area contributed by atoms with Crippen LogP contribution in [-0.4, -0.2) is 27.5 Å². The maximum atomic E-state index is 5.17. The highest BCUT2D eigenvalue weighted by molar-refractivity contribution is 5.93. The number of aromatic amines is 1. The van der Waals surface area contributed by atoms with Crippen LogP contribution in [0.3, 0.4) is 0 Å². The number of rotatable bonds is 1. The van der Waals surface area contributed by atoms with Gasteiger partial charge in [0.05, 0.1) is 5.69 Å². The van der Waals surface area contributed by atoms with Crippen LogP contribution < -0.4 is 4.90 Å². The van der Waals surface area contributed by atoms with Crippen LogP contribution in [0, 0.1) is 0 Å². The summed E-state index contributed by atoms with van der Waals surface area (Å²) in [5.41, 5.74) is 4.88. The third-order valence-electron chi connectivity index (χ3n) is 6.16. The summed E-state index contributed by atoms with van der Waals surface area (Å²) in [4.78, 5) is 16.2. The molecule has 0 amide bonds. The van der Waals surface area contributed by atoms with Crippen LogP contribution in [0.2, 0.25) is 0 Å². The summed E-state index contributed by atoms with van der Waals surface area (Å²) < 4.78 is 0. The number of H-pyrrole nitrogens is 1. The van der Waals surface area contributed by atoms with E-state index in [-0.39, 0.29) is 5.41 Å². The minimum atomic E-state index is 0.0104. The zero-order valence-corrected chi connectivity index (χ0v) is 16.5. The van der Waals surface area contributed by atoms with Crippen molar-refractivity contribution in [3.63, 3.8) is 0 Å². The van der Waals surface area contributed by atoms with Gasteiger partial charge in [-0.05, 0) is 44.2 Å². The number of hydrogen-bond acceptors (Lipinski definition) is 3. The van der Waals surface area contributed by atoms with E-state index in [1.165, 1.54) is 48.1 Å². The van der Waals surface area contributed by atoms with Gasteiger partial charge in [0.25, 0.3) is 0 Å². The molecule has 0 aliphatic carbocycles. The summed E-state index contributed by atoms with van der Waals surface area (Å²) in [6, 6.07) is 9.15. The van der Waals surface area contributed by atoms with Crippen molar-refractivity contribution in [3.05, 3.63) is 41.7 Å². The maximum Gasteiger partial charge on any atom is 0.162 e. The predicted octanol–water partition coefficient (Wildman–Crippen LogP) is 5.23. The van der Waals surface area contributed by atoms with E-state index in [1.54, 1.807) is 0 Å². The van der Waals surface area contributed by atoms with Gasteiger partial charge in [-0.3, -0.25) is 0 Å². The fraction of sp³-hybridized carbons (Fsp3) is 0.478. The Balaban J connectivity index is 1.75. The van der Waals surface area contributed by atoms with Gasteiger partial charge >= 0.3 is 0 Å². The first-order valence-corrected chi connectivity index (χ1v) is 10.3. The Morgan fingerprint density at radius 2 is 1.96 bits per heavy atom. The Bertz CT molecular complexity index is 995. The Labute approximate surface area is 161 Å². The van der Waals surface area contributed by atoms with E-state index in [9.17, 15) is 0 Å². The lowest BCUT2D eigenvalue weighted by atomic mass is 9.83. The van der Waals surface area contributed by atoms with Crippen molar-refractivity contribution >= 4 is 16.7 Å². The number of aromatic nitrogens is 3. The quantitative estimate of drug-likeness (QED) is 0.646. The van der Waals surface area contributed by atoms with Gasteiger partial charge in [0.2, 0.25) is 0 Å². The maximum absolute atomic E-state index is 5.17. The largest absolute Gasteiger partial charge is 0.361 e. The molecule has 0 radical (unpaired) electrons. The first-order valence-electron chi connectivity index (χ1n) is 10.3. The number of piperidine rings is 1. The summed E-state index contributed by atoms with van der Waals surface area (Å²) in [6.45, 7) is 7.96. The average molecular weight is 361 g/mol. The van der Waals surface area contributed by atoms with Crippen molar-refractivity contribution in [1.82, 2.24) is 15.0 Å². The topological polar surface area (TPSA) is 44.8 Å². The fourth-order valence-corrected chi connectivity index (χ4v) is 4.85. The zero-order chi connectivity index (χ0) is 18.6. The van der Waals surface area contributed by atoms with Gasteiger partial charge in [-0.15, -0.1) is 0 Å². The number of hydrogen-bond donors (Lipinski definition) is 1. The molecule has 1 atom stereocenters. The van der Waals surface area contributed by atoms with E-state index in [4.69, 9.17) is 9.97 Å². The van der Waals surface area contributed by atoms with Crippen LogP contribution in [0.1, 0.15) is 57.7 Å². The molecule has 0 saturated carbocycles. The van der Waals surface area contributed by atoms with E-state index in [1.807, 2.05) is 6.20 Å². The Morgan fingerprint density at radius 3 is 2.81 bits per heavy atom. The molecule has 1 unspecified atom stereocenters. The summed E-state index contributed by atoms with van der Waals surface area (Å²) in [7, 11) is 0. The molecule has 0 bridgehead atoms. The Hall–Kier alpha value is -2.36. The Kier molecular flexibility index (Phi) is 3.78. The summed E-state index contributed by atoms with van der Waals surface area (Å²) in [5.74, 6) is 2.07. The molecular weight excluding hydrogens is 332 g/mol. The molecule has 4 heterocycles. The van der Waals surface area contributed by atoms with Crippen LogP contribution in [-0.2, 0) is 11.8 Å². The minimum Gasteiger partial charge on any atom is -0.361 e. The molecule has 1 fully saturated rings. The lowest BCUT2D eigenvalue weighted by Crippen LogP contribution is -2.44. The number of fused-ring (bicyclic) bond motifs is 4. The summed E-state index contributed by atoms with van der Waals surface area (Å²) >= 11 is 0. The molecule has 1 saturated heterocycles. The number of benzene rings is 1. The highest BCUT2D eigenvalue weighted by atomic mass is 15.2. The number of nitrogens with one attached hydrogen (secondary N) is 1. The summed E-state index contributed by atoms with van der Waals surface area (Å²) in [5, 5.41) is 1.20. The van der Waals surface area contributed by atoms with Gasteiger partial charge in [0, 0.05) is 46.2 Å². The Morgan fingerprint density at radius 1 is 1.07 bits per heavy atom. The van der Waals surface area contributed by atoms with E-state index < -0.39 is 0 Å². The van der Waals surface area contributed by atoms with Crippen molar-refractivity contribution in [2.75, 3.05) is 11.4 Å². The van der Waals surface area contributed by atoms with Gasteiger partial charge in [-0.2, -0.15) is 0 Å². The molecule has 2 aliphatic rings. The van der Waals surface area contributed by atoms with Gasteiger partial charge < -0.3 is 9.88 Å². The summed E-state index contributed by atoms with van der Waals surface area (Å²) in [6.07, 6.45) is 8.27. The van der Waals surface area contributed by atoms with Crippen molar-refractivity contribution in [2.24, 2.45) is 0 Å². The zero-order valence-electron chi connectivity index (χ0n) is 16.5. The fourth-order valence-electron chi connectivity index (χ4n) is 4.85. The van der Waals surface area contributed by atoms with Gasteiger partial charge in [-0.25, -0.2) is 9.97 Å². The lowest BCUT2D eigenvalue weighted by molar-refractivity contribution is 0.414. The van der Waals surface area contributed by atoms with Gasteiger partial charge in [-0.1, -0.05) is 32.9 Å². The molecule has 0 spiro atoms. The first kappa shape index (κ1) is 16.8. The van der Waals surface area contributed by atoms with Crippen LogP contribution >= 0.6 is 0 Å². The van der Waals surface area contributed by atoms with E-state index in [0.29, 0.717) is 6.04 Å². The monoisotopic (exact) mass is 360 g/mol. The third kappa shape index (κ3) is 2.73. The van der Waals surface area contributed by atoms with Crippen molar-refractivity contribution in [3.8, 4) is 11.4 Å². The molecule has 2 aliphatic heterocycles. The van der Waals surface area contributed by atoms with Crippen molar-refractivity contribution in [2.45, 2.75) is 64.3 Å². The molecule has 3 aromatic rings. The molecule has 2 aromatic heterocycles. The third-order valence-corrected chi connectivity index (χ3v) is 6.16. The van der Waals surface area contributed by atoms with Gasteiger partial charge in [0.1, 0.15) is 5.82 Å². The molecule has 4 heteroatoms. The smallest absolute Gasteiger partial charge is 0.162 e. The highest BCUT2D eigenvalue weighted by Gasteiger charge is 2.34. The second-order valence-corrected chi connectivity index (χ2v) is 9.07. The minimum absolute atomic E-state index is 0.0104. The SMILES string of the molecule is CC(C)(C)c1nc(-c2cccc3[nH]ccc23)nc2c1CCC1CCCCN21. The normalized spacial score (nSPS) is 19.8. The molecule has 4 nitrogen and oxygen atoms in total. The molecule has 5 rings (SSSR count). The molecule has 1 N–H and O–H groups in total. The van der Waals surface area contributed by atoms with Crippen LogP contribution in [0.25, 0.3) is 22.3 Å². The van der Waals surface area contributed by atoms with Crippen LogP contribution in [0.5, 0.6) is 0 Å². The number of nitrogens with zero attached hydrogens (tertiary/aromatic N) is 3. The van der Waals surface area contributed by atoms with E-state index >= 15 is 0 Å². The first-order chi connectivity index (χ1) is 13.0. The molecule has 140 valence electrons. The second-order valence-electron chi connectivity index (χ2n) is 9.07. The molecule has 1 aromatic carbocycles. The number of anilines is 1. The van der Waals surface area contributed by atoms with E-state index in [2.05, 4.69) is 54.9 Å². The second kappa shape index (κ2) is 6.08. The van der Waals surface area contributed by atoms with E-state index in [0.717, 1.165) is 29.9 Å². The van der Waals surface area contributed by atoms with Crippen molar-refractivity contribution in [1.29, 1.82) is 0 Å². The molecule has 27 heavy (non-hydrogen) atoms. The lowest BCUT2D eigenvalue weighted by Gasteiger charge is -2.42. The average Bonchev–Trinajstić information content (AvgIpc) is 3.15. The molecular formula is C23H28N4. The standard InChI is InChI=1S/C23H28N4/c1-23(2,3)20-18-11-10-15-7-4-5-14-27(15)22(18)26-21(25-20)17-8-6-9-19-16(17)12-13-24-19/h6,8-9,12-13,15,24H,4-5,7,10-11,14H2,1-3H3. The highest BCUT2D eigenvalue weighted by Crippen LogP contribution is 2.40. The van der Waals surface area contributed by atoms with Gasteiger partial charge in [0.15, 0.2) is 5.82 Å².